The number of halogens is 1. The number of rotatable bonds is 1. The molecular weight excluding hydrogens is 217 g/mol. The number of nitrogens with one attached hydrogen (secondary N) is 1. The van der Waals surface area contributed by atoms with Crippen molar-refractivity contribution in [1.29, 1.82) is 0 Å². The first kappa shape index (κ1) is 10.4. The van der Waals surface area contributed by atoms with E-state index in [0.717, 1.165) is 30.0 Å². The standard InChI is InChI=1S/C13H12FN3/c1-8-11-6-15-7-12(11)17-13(16-8)9-3-2-4-10(14)5-9/h2-5,15H,6-7H2,1H3. The average Bonchev–Trinajstić information content (AvgIpc) is 2.77. The highest BCUT2D eigenvalue weighted by Gasteiger charge is 2.17. The van der Waals surface area contributed by atoms with Gasteiger partial charge in [-0.2, -0.15) is 0 Å². The maximum Gasteiger partial charge on any atom is 0.159 e. The minimum atomic E-state index is -0.262. The van der Waals surface area contributed by atoms with E-state index < -0.39 is 0 Å². The summed E-state index contributed by atoms with van der Waals surface area (Å²) in [6.07, 6.45) is 0. The van der Waals surface area contributed by atoms with Gasteiger partial charge in [-0.05, 0) is 19.1 Å². The Kier molecular flexibility index (Phi) is 2.37. The van der Waals surface area contributed by atoms with Crippen LogP contribution in [-0.2, 0) is 13.1 Å². The molecule has 0 atom stereocenters. The molecule has 17 heavy (non-hydrogen) atoms. The Bertz CT molecular complexity index is 581. The SMILES string of the molecule is Cc1nc(-c2cccc(F)c2)nc2c1CNC2. The topological polar surface area (TPSA) is 37.8 Å². The molecule has 3 nitrogen and oxygen atoms in total. The van der Waals surface area contributed by atoms with Crippen LogP contribution < -0.4 is 5.32 Å². The van der Waals surface area contributed by atoms with E-state index in [2.05, 4.69) is 15.3 Å². The first-order valence-electron chi connectivity index (χ1n) is 5.57. The lowest BCUT2D eigenvalue weighted by atomic mass is 10.1. The molecule has 86 valence electrons. The second-order valence-electron chi connectivity index (χ2n) is 4.17. The molecule has 2 aromatic rings. The van der Waals surface area contributed by atoms with E-state index in [1.807, 2.05) is 13.0 Å². The van der Waals surface area contributed by atoms with Crippen molar-refractivity contribution in [3.8, 4) is 11.4 Å². The zero-order valence-electron chi connectivity index (χ0n) is 9.50. The molecule has 0 unspecified atom stereocenters. The molecule has 0 fully saturated rings. The summed E-state index contributed by atoms with van der Waals surface area (Å²) in [7, 11) is 0. The summed E-state index contributed by atoms with van der Waals surface area (Å²) in [5.74, 6) is 0.340. The van der Waals surface area contributed by atoms with Crippen LogP contribution in [0, 0.1) is 12.7 Å². The molecule has 0 saturated heterocycles. The summed E-state index contributed by atoms with van der Waals surface area (Å²) < 4.78 is 13.2. The zero-order valence-corrected chi connectivity index (χ0v) is 9.50. The van der Waals surface area contributed by atoms with Crippen LogP contribution in [0.2, 0.25) is 0 Å². The van der Waals surface area contributed by atoms with Crippen LogP contribution in [0.3, 0.4) is 0 Å². The Morgan fingerprint density at radius 2 is 2.12 bits per heavy atom. The summed E-state index contributed by atoms with van der Waals surface area (Å²) in [5.41, 5.74) is 3.89. The quantitative estimate of drug-likeness (QED) is 0.814. The summed E-state index contributed by atoms with van der Waals surface area (Å²) in [6.45, 7) is 3.56. The molecule has 1 N–H and O–H groups in total. The first-order valence-corrected chi connectivity index (χ1v) is 5.57. The van der Waals surface area contributed by atoms with Gasteiger partial charge in [-0.1, -0.05) is 12.1 Å². The maximum atomic E-state index is 13.2. The van der Waals surface area contributed by atoms with Crippen molar-refractivity contribution in [2.75, 3.05) is 0 Å². The number of hydrogen-bond acceptors (Lipinski definition) is 3. The fourth-order valence-electron chi connectivity index (χ4n) is 2.09. The van der Waals surface area contributed by atoms with E-state index in [1.54, 1.807) is 6.07 Å². The second-order valence-corrected chi connectivity index (χ2v) is 4.17. The molecule has 0 spiro atoms. The lowest BCUT2D eigenvalue weighted by molar-refractivity contribution is 0.628. The third-order valence-electron chi connectivity index (χ3n) is 2.98. The molecule has 1 aromatic heterocycles. The van der Waals surface area contributed by atoms with Crippen LogP contribution in [0.1, 0.15) is 17.0 Å². The number of aromatic nitrogens is 2. The predicted octanol–water partition coefficient (Wildman–Crippen LogP) is 2.19. The average molecular weight is 229 g/mol. The van der Waals surface area contributed by atoms with Gasteiger partial charge in [-0.15, -0.1) is 0 Å². The number of aryl methyl sites for hydroxylation is 1. The molecule has 0 radical (unpaired) electrons. The molecule has 0 bridgehead atoms. The van der Waals surface area contributed by atoms with Crippen molar-refractivity contribution < 1.29 is 4.39 Å². The van der Waals surface area contributed by atoms with Gasteiger partial charge in [0.15, 0.2) is 5.82 Å². The molecule has 3 rings (SSSR count). The van der Waals surface area contributed by atoms with Gasteiger partial charge < -0.3 is 5.32 Å². The smallest absolute Gasteiger partial charge is 0.159 e. The summed E-state index contributed by atoms with van der Waals surface area (Å²) in [4.78, 5) is 8.92. The first-order chi connectivity index (χ1) is 8.24. The van der Waals surface area contributed by atoms with Gasteiger partial charge in [0.1, 0.15) is 5.82 Å². The fourth-order valence-corrected chi connectivity index (χ4v) is 2.09. The lowest BCUT2D eigenvalue weighted by Crippen LogP contribution is -2.00. The van der Waals surface area contributed by atoms with Crippen LogP contribution in [-0.4, -0.2) is 9.97 Å². The Morgan fingerprint density at radius 1 is 1.24 bits per heavy atom. The largest absolute Gasteiger partial charge is 0.307 e. The molecule has 2 heterocycles. The second kappa shape index (κ2) is 3.89. The molecule has 1 aliphatic rings. The third-order valence-corrected chi connectivity index (χ3v) is 2.98. The number of hydrogen-bond donors (Lipinski definition) is 1. The fraction of sp³-hybridized carbons (Fsp3) is 0.231. The maximum absolute atomic E-state index is 13.2. The normalized spacial score (nSPS) is 13.8. The lowest BCUT2D eigenvalue weighted by Gasteiger charge is -2.06. The van der Waals surface area contributed by atoms with E-state index in [4.69, 9.17) is 0 Å². The summed E-state index contributed by atoms with van der Waals surface area (Å²) in [5, 5.41) is 3.24. The molecule has 0 saturated carbocycles. The van der Waals surface area contributed by atoms with Gasteiger partial charge in [0.05, 0.1) is 5.69 Å². The summed E-state index contributed by atoms with van der Waals surface area (Å²) >= 11 is 0. The Hall–Kier alpha value is -1.81. The monoisotopic (exact) mass is 229 g/mol. The van der Waals surface area contributed by atoms with Crippen molar-refractivity contribution in [2.24, 2.45) is 0 Å². The van der Waals surface area contributed by atoms with Crippen molar-refractivity contribution in [1.82, 2.24) is 15.3 Å². The minimum Gasteiger partial charge on any atom is -0.307 e. The molecule has 1 aliphatic heterocycles. The van der Waals surface area contributed by atoms with E-state index >= 15 is 0 Å². The van der Waals surface area contributed by atoms with Crippen LogP contribution in [0.25, 0.3) is 11.4 Å². The molecule has 0 amide bonds. The molecule has 1 aromatic carbocycles. The van der Waals surface area contributed by atoms with Gasteiger partial charge in [-0.3, -0.25) is 0 Å². The van der Waals surface area contributed by atoms with E-state index in [1.165, 1.54) is 17.7 Å². The summed E-state index contributed by atoms with van der Waals surface area (Å²) in [6, 6.07) is 6.39. The number of benzene rings is 1. The van der Waals surface area contributed by atoms with Gasteiger partial charge in [0.25, 0.3) is 0 Å². The van der Waals surface area contributed by atoms with E-state index in [-0.39, 0.29) is 5.82 Å². The zero-order chi connectivity index (χ0) is 11.8. The highest BCUT2D eigenvalue weighted by molar-refractivity contribution is 5.56. The van der Waals surface area contributed by atoms with Crippen LogP contribution in [0.4, 0.5) is 4.39 Å². The van der Waals surface area contributed by atoms with Gasteiger partial charge in [0, 0.05) is 29.9 Å². The van der Waals surface area contributed by atoms with Crippen LogP contribution >= 0.6 is 0 Å². The van der Waals surface area contributed by atoms with E-state index in [0.29, 0.717) is 5.82 Å². The Morgan fingerprint density at radius 3 is 2.94 bits per heavy atom. The molecular formula is C13H12FN3. The van der Waals surface area contributed by atoms with Crippen molar-refractivity contribution >= 4 is 0 Å². The molecule has 0 aliphatic carbocycles. The highest BCUT2D eigenvalue weighted by atomic mass is 19.1. The number of fused-ring (bicyclic) bond motifs is 1. The Labute approximate surface area is 98.7 Å². The van der Waals surface area contributed by atoms with Crippen LogP contribution in [0.15, 0.2) is 24.3 Å². The predicted molar refractivity (Wildman–Crippen MR) is 62.7 cm³/mol. The molecule has 4 heteroatoms. The van der Waals surface area contributed by atoms with Crippen LogP contribution in [0.5, 0.6) is 0 Å². The Balaban J connectivity index is 2.13. The highest BCUT2D eigenvalue weighted by Crippen LogP contribution is 2.22. The van der Waals surface area contributed by atoms with Crippen molar-refractivity contribution in [3.05, 3.63) is 47.0 Å². The third kappa shape index (κ3) is 1.80. The van der Waals surface area contributed by atoms with Gasteiger partial charge in [-0.25, -0.2) is 14.4 Å². The van der Waals surface area contributed by atoms with Gasteiger partial charge in [0.2, 0.25) is 0 Å². The minimum absolute atomic E-state index is 0.262. The number of nitrogens with zero attached hydrogens (tertiary/aromatic N) is 2. The van der Waals surface area contributed by atoms with Crippen molar-refractivity contribution in [3.63, 3.8) is 0 Å². The van der Waals surface area contributed by atoms with E-state index in [9.17, 15) is 4.39 Å². The van der Waals surface area contributed by atoms with Crippen molar-refractivity contribution in [2.45, 2.75) is 20.0 Å². The van der Waals surface area contributed by atoms with Gasteiger partial charge >= 0.3 is 0 Å².